The zero-order valence-electron chi connectivity index (χ0n) is 12.7. The summed E-state index contributed by atoms with van der Waals surface area (Å²) in [6, 6.07) is 0. The van der Waals surface area contributed by atoms with Crippen LogP contribution in [0.2, 0.25) is 0 Å². The van der Waals surface area contributed by atoms with E-state index in [1.54, 1.807) is 0 Å². The topological polar surface area (TPSA) is 40.5 Å². The average Bonchev–Trinajstić information content (AvgIpc) is 2.75. The van der Waals surface area contributed by atoms with Crippen LogP contribution in [0.3, 0.4) is 0 Å². The number of hydrogen-bond donors (Lipinski definition) is 1. The van der Waals surface area contributed by atoms with Gasteiger partial charge in [0.15, 0.2) is 0 Å². The fourth-order valence-electron chi connectivity index (χ4n) is 3.94. The zero-order chi connectivity index (χ0) is 14.5. The van der Waals surface area contributed by atoms with Crippen LogP contribution >= 0.6 is 11.3 Å². The van der Waals surface area contributed by atoms with Gasteiger partial charge in [-0.25, -0.2) is 9.98 Å². The highest BCUT2D eigenvalue weighted by Gasteiger charge is 2.27. The van der Waals surface area contributed by atoms with E-state index in [-0.39, 0.29) is 0 Å². The number of fused-ring (bicyclic) bond motifs is 6. The van der Waals surface area contributed by atoms with Gasteiger partial charge >= 0.3 is 0 Å². The Labute approximate surface area is 134 Å². The Morgan fingerprint density at radius 3 is 3.18 bits per heavy atom. The molecule has 4 nitrogen and oxygen atoms in total. The standard InChI is InChI=1S/C17H20N4S/c1-2-4-14-20-16-13(10-21(14)7-3-1)22-17-15(16)12-5-6-18-8-11(12)9-19-17/h9,18H,1-8,10H2. The Bertz CT molecular complexity index is 777. The largest absolute Gasteiger partial charge is 0.355 e. The molecule has 0 amide bonds. The number of aliphatic imine (C=N–C) groups is 1. The zero-order valence-corrected chi connectivity index (χ0v) is 13.5. The third kappa shape index (κ3) is 1.92. The molecule has 0 saturated carbocycles. The number of pyridine rings is 1. The van der Waals surface area contributed by atoms with Crippen molar-refractivity contribution in [3.8, 4) is 0 Å². The van der Waals surface area contributed by atoms with Gasteiger partial charge in [-0.05, 0) is 36.9 Å². The first-order valence-corrected chi connectivity index (χ1v) is 9.17. The molecule has 3 aliphatic rings. The smallest absolute Gasteiger partial charge is 0.126 e. The van der Waals surface area contributed by atoms with Crippen molar-refractivity contribution in [3.63, 3.8) is 0 Å². The van der Waals surface area contributed by atoms with Gasteiger partial charge in [0.25, 0.3) is 0 Å². The lowest BCUT2D eigenvalue weighted by Gasteiger charge is -2.27. The summed E-state index contributed by atoms with van der Waals surface area (Å²) in [6.45, 7) is 4.23. The van der Waals surface area contributed by atoms with Gasteiger partial charge < -0.3 is 10.2 Å². The number of thiophene rings is 1. The van der Waals surface area contributed by atoms with E-state index in [0.29, 0.717) is 0 Å². The summed E-state index contributed by atoms with van der Waals surface area (Å²) in [4.78, 5) is 14.9. The highest BCUT2D eigenvalue weighted by molar-refractivity contribution is 7.19. The Hall–Kier alpha value is -1.46. The van der Waals surface area contributed by atoms with Crippen molar-refractivity contribution in [1.29, 1.82) is 0 Å². The van der Waals surface area contributed by atoms with Gasteiger partial charge in [0.05, 0.1) is 17.1 Å². The molecule has 2 aromatic rings. The first-order valence-electron chi connectivity index (χ1n) is 8.35. The van der Waals surface area contributed by atoms with Crippen molar-refractivity contribution in [2.75, 3.05) is 13.1 Å². The van der Waals surface area contributed by atoms with E-state index >= 15 is 0 Å². The Kier molecular flexibility index (Phi) is 2.98. The summed E-state index contributed by atoms with van der Waals surface area (Å²) in [5, 5.41) is 4.81. The van der Waals surface area contributed by atoms with Gasteiger partial charge in [0.1, 0.15) is 10.7 Å². The molecule has 5 rings (SSSR count). The number of aromatic nitrogens is 1. The highest BCUT2D eigenvalue weighted by Crippen LogP contribution is 2.43. The maximum absolute atomic E-state index is 5.12. The maximum atomic E-state index is 5.12. The Morgan fingerprint density at radius 1 is 1.18 bits per heavy atom. The van der Waals surface area contributed by atoms with Crippen LogP contribution in [0.15, 0.2) is 11.2 Å². The van der Waals surface area contributed by atoms with Crippen LogP contribution in [0, 0.1) is 0 Å². The quantitative estimate of drug-likeness (QED) is 0.811. The van der Waals surface area contributed by atoms with E-state index in [4.69, 9.17) is 9.98 Å². The van der Waals surface area contributed by atoms with Crippen LogP contribution in [0.25, 0.3) is 10.2 Å². The number of amidine groups is 1. The van der Waals surface area contributed by atoms with Crippen LogP contribution in [0.1, 0.15) is 41.7 Å². The molecule has 1 N–H and O–H groups in total. The van der Waals surface area contributed by atoms with Crippen LogP contribution in [0.5, 0.6) is 0 Å². The van der Waals surface area contributed by atoms with Crippen LogP contribution in [-0.4, -0.2) is 28.8 Å². The summed E-state index contributed by atoms with van der Waals surface area (Å²) in [5.74, 6) is 1.32. The van der Waals surface area contributed by atoms with Crippen molar-refractivity contribution in [2.45, 2.75) is 45.2 Å². The lowest BCUT2D eigenvalue weighted by molar-refractivity contribution is 0.407. The van der Waals surface area contributed by atoms with Crippen molar-refractivity contribution < 1.29 is 0 Å². The van der Waals surface area contributed by atoms with E-state index in [9.17, 15) is 0 Å². The summed E-state index contributed by atoms with van der Waals surface area (Å²) < 4.78 is 0. The van der Waals surface area contributed by atoms with Gasteiger partial charge in [-0.3, -0.25) is 0 Å². The maximum Gasteiger partial charge on any atom is 0.126 e. The molecule has 0 atom stereocenters. The van der Waals surface area contributed by atoms with E-state index in [1.165, 1.54) is 63.6 Å². The highest BCUT2D eigenvalue weighted by atomic mass is 32.1. The molecule has 1 fully saturated rings. The van der Waals surface area contributed by atoms with Crippen molar-refractivity contribution in [2.24, 2.45) is 4.99 Å². The first-order chi connectivity index (χ1) is 10.9. The van der Waals surface area contributed by atoms with Gasteiger partial charge in [0, 0.05) is 31.1 Å². The molecule has 5 heterocycles. The van der Waals surface area contributed by atoms with E-state index in [1.807, 2.05) is 11.3 Å². The van der Waals surface area contributed by atoms with E-state index in [2.05, 4.69) is 16.4 Å². The second-order valence-corrected chi connectivity index (χ2v) is 7.59. The SMILES string of the molecule is c1nc2sc3c(c2c2c1CNCC2)N=C1CCCCCN1C3. The minimum absolute atomic E-state index is 0.950. The van der Waals surface area contributed by atoms with Crippen molar-refractivity contribution in [1.82, 2.24) is 15.2 Å². The predicted molar refractivity (Wildman–Crippen MR) is 91.0 cm³/mol. The lowest BCUT2D eigenvalue weighted by Crippen LogP contribution is -2.31. The summed E-state index contributed by atoms with van der Waals surface area (Å²) in [5.41, 5.74) is 4.11. The third-order valence-electron chi connectivity index (χ3n) is 5.10. The predicted octanol–water partition coefficient (Wildman–Crippen LogP) is 3.36. The second-order valence-electron chi connectivity index (χ2n) is 6.50. The molecule has 0 radical (unpaired) electrons. The van der Waals surface area contributed by atoms with E-state index < -0.39 is 0 Å². The molecule has 5 heteroatoms. The normalized spacial score (nSPS) is 20.9. The lowest BCUT2D eigenvalue weighted by atomic mass is 9.99. The summed E-state index contributed by atoms with van der Waals surface area (Å²) in [6.07, 6.45) is 8.24. The fourth-order valence-corrected chi connectivity index (χ4v) is 5.07. The minimum atomic E-state index is 0.950. The van der Waals surface area contributed by atoms with Crippen LogP contribution < -0.4 is 5.32 Å². The van der Waals surface area contributed by atoms with Crippen LogP contribution in [-0.2, 0) is 19.5 Å². The second kappa shape index (κ2) is 5.03. The number of rotatable bonds is 0. The summed E-state index contributed by atoms with van der Waals surface area (Å²) in [7, 11) is 0. The molecule has 0 bridgehead atoms. The average molecular weight is 312 g/mol. The van der Waals surface area contributed by atoms with Crippen LogP contribution in [0.4, 0.5) is 5.69 Å². The molecule has 2 aromatic heterocycles. The van der Waals surface area contributed by atoms with Gasteiger partial charge in [0.2, 0.25) is 0 Å². The molecule has 0 aliphatic carbocycles. The fraction of sp³-hybridized carbons (Fsp3) is 0.529. The van der Waals surface area contributed by atoms with Gasteiger partial charge in [-0.15, -0.1) is 11.3 Å². The molecule has 1 saturated heterocycles. The third-order valence-corrected chi connectivity index (χ3v) is 6.17. The molecular formula is C17H20N4S. The molecule has 114 valence electrons. The Balaban J connectivity index is 1.71. The van der Waals surface area contributed by atoms with Crippen molar-refractivity contribution >= 4 is 33.1 Å². The molecule has 0 aromatic carbocycles. The minimum Gasteiger partial charge on any atom is -0.355 e. The summed E-state index contributed by atoms with van der Waals surface area (Å²) >= 11 is 1.85. The monoisotopic (exact) mass is 312 g/mol. The molecule has 0 unspecified atom stereocenters. The van der Waals surface area contributed by atoms with Gasteiger partial charge in [-0.1, -0.05) is 6.42 Å². The van der Waals surface area contributed by atoms with Crippen molar-refractivity contribution in [3.05, 3.63) is 22.2 Å². The van der Waals surface area contributed by atoms with E-state index in [0.717, 1.165) is 32.5 Å². The van der Waals surface area contributed by atoms with Gasteiger partial charge in [-0.2, -0.15) is 0 Å². The first kappa shape index (κ1) is 13.0. The molecule has 0 spiro atoms. The number of hydrogen-bond acceptors (Lipinski definition) is 5. The number of nitrogens with zero attached hydrogens (tertiary/aromatic N) is 3. The Morgan fingerprint density at radius 2 is 2.18 bits per heavy atom. The molecule has 22 heavy (non-hydrogen) atoms. The molecule has 3 aliphatic heterocycles. The number of nitrogens with one attached hydrogen (secondary N) is 1. The molecular weight excluding hydrogens is 292 g/mol.